The number of guanidine groups is 1. The van der Waals surface area contributed by atoms with E-state index in [9.17, 15) is 0 Å². The molecule has 0 aliphatic rings. The molecule has 3 aromatic rings. The number of fused-ring (bicyclic) bond motifs is 1. The molecule has 2 heterocycles. The van der Waals surface area contributed by atoms with Crippen molar-refractivity contribution in [1.82, 2.24) is 20.6 Å². The molecule has 3 rings (SSSR count). The molecule has 0 radical (unpaired) electrons. The van der Waals surface area contributed by atoms with Crippen LogP contribution in [0.15, 0.2) is 53.8 Å². The predicted molar refractivity (Wildman–Crippen MR) is 116 cm³/mol. The number of hydrogen-bond acceptors (Lipinski definition) is 3. The number of nitrogens with zero attached hydrogens (tertiary/aromatic N) is 2. The number of nitrogens with one attached hydrogen (secondary N) is 3. The van der Waals surface area contributed by atoms with Crippen molar-refractivity contribution >= 4 is 40.8 Å². The summed E-state index contributed by atoms with van der Waals surface area (Å²) in [5.74, 6) is 1.38. The molecular weight excluding hydrogens is 441 g/mol. The number of pyridine rings is 1. The molecule has 1 aromatic carbocycles. The van der Waals surface area contributed by atoms with Crippen LogP contribution in [0.25, 0.3) is 10.9 Å². The van der Waals surface area contributed by atoms with E-state index >= 15 is 0 Å². The van der Waals surface area contributed by atoms with Crippen molar-refractivity contribution in [3.05, 3.63) is 59.9 Å². The number of benzene rings is 1. The molecule has 0 aliphatic carbocycles. The zero-order valence-electron chi connectivity index (χ0n) is 15.0. The SMILES string of the molecule is CN=C(NCCc1c[nH]c2ccccc12)NCc1cccnc1OC.I. The summed E-state index contributed by atoms with van der Waals surface area (Å²) in [6, 6.07) is 12.2. The molecule has 0 saturated heterocycles. The number of ether oxygens (including phenoxy) is 1. The largest absolute Gasteiger partial charge is 0.481 e. The summed E-state index contributed by atoms with van der Waals surface area (Å²) in [4.78, 5) is 11.8. The first-order valence-electron chi connectivity index (χ1n) is 8.29. The second-order valence-electron chi connectivity index (χ2n) is 5.63. The lowest BCUT2D eigenvalue weighted by Crippen LogP contribution is -2.37. The number of rotatable bonds is 6. The van der Waals surface area contributed by atoms with Crippen LogP contribution in [0, 0.1) is 0 Å². The van der Waals surface area contributed by atoms with E-state index in [1.165, 1.54) is 16.5 Å². The monoisotopic (exact) mass is 465 g/mol. The highest BCUT2D eigenvalue weighted by Crippen LogP contribution is 2.17. The minimum absolute atomic E-state index is 0. The maximum atomic E-state index is 5.27. The van der Waals surface area contributed by atoms with Gasteiger partial charge in [-0.25, -0.2) is 4.98 Å². The molecule has 6 nitrogen and oxygen atoms in total. The summed E-state index contributed by atoms with van der Waals surface area (Å²) < 4.78 is 5.27. The second-order valence-corrected chi connectivity index (χ2v) is 5.63. The van der Waals surface area contributed by atoms with Gasteiger partial charge < -0.3 is 20.4 Å². The molecule has 0 saturated carbocycles. The molecule has 0 unspecified atom stereocenters. The van der Waals surface area contributed by atoms with Crippen molar-refractivity contribution in [2.24, 2.45) is 4.99 Å². The Morgan fingerprint density at radius 2 is 2.00 bits per heavy atom. The second kappa shape index (κ2) is 10.0. The molecule has 0 amide bonds. The molecule has 0 spiro atoms. The van der Waals surface area contributed by atoms with Gasteiger partial charge in [0.15, 0.2) is 5.96 Å². The van der Waals surface area contributed by atoms with Crippen LogP contribution in [-0.2, 0) is 13.0 Å². The third kappa shape index (κ3) is 4.87. The fourth-order valence-corrected chi connectivity index (χ4v) is 2.80. The average Bonchev–Trinajstić information content (AvgIpc) is 3.08. The number of methoxy groups -OCH3 is 1. The summed E-state index contributed by atoms with van der Waals surface area (Å²) in [5, 5.41) is 7.90. The van der Waals surface area contributed by atoms with Crippen molar-refractivity contribution in [2.45, 2.75) is 13.0 Å². The lowest BCUT2D eigenvalue weighted by Gasteiger charge is -2.13. The Kier molecular flexibility index (Phi) is 7.71. The number of aliphatic imine (C=N–C) groups is 1. The number of hydrogen-bond donors (Lipinski definition) is 3. The van der Waals surface area contributed by atoms with E-state index < -0.39 is 0 Å². The Balaban J connectivity index is 0.00000243. The van der Waals surface area contributed by atoms with Crippen LogP contribution in [0.4, 0.5) is 0 Å². The van der Waals surface area contributed by atoms with Crippen molar-refractivity contribution in [2.75, 3.05) is 20.7 Å². The third-order valence-corrected chi connectivity index (χ3v) is 4.07. The fourth-order valence-electron chi connectivity index (χ4n) is 2.80. The van der Waals surface area contributed by atoms with E-state index in [0.717, 1.165) is 24.5 Å². The van der Waals surface area contributed by atoms with Crippen LogP contribution < -0.4 is 15.4 Å². The highest BCUT2D eigenvalue weighted by molar-refractivity contribution is 14.0. The summed E-state index contributed by atoms with van der Waals surface area (Å²) in [6.07, 6.45) is 4.71. The number of aromatic amines is 1. The minimum atomic E-state index is 0. The van der Waals surface area contributed by atoms with Gasteiger partial charge in [-0.05, 0) is 24.1 Å². The van der Waals surface area contributed by atoms with Crippen molar-refractivity contribution in [3.63, 3.8) is 0 Å². The van der Waals surface area contributed by atoms with Crippen LogP contribution in [0.5, 0.6) is 5.88 Å². The van der Waals surface area contributed by atoms with Crippen molar-refractivity contribution in [3.8, 4) is 5.88 Å². The Morgan fingerprint density at radius 3 is 2.81 bits per heavy atom. The average molecular weight is 465 g/mol. The molecule has 138 valence electrons. The van der Waals surface area contributed by atoms with Gasteiger partial charge in [-0.1, -0.05) is 24.3 Å². The number of para-hydroxylation sites is 1. The van der Waals surface area contributed by atoms with Gasteiger partial charge in [0.1, 0.15) is 0 Å². The van der Waals surface area contributed by atoms with E-state index in [1.807, 2.05) is 18.2 Å². The van der Waals surface area contributed by atoms with E-state index in [0.29, 0.717) is 12.4 Å². The maximum absolute atomic E-state index is 5.27. The molecule has 0 bridgehead atoms. The zero-order valence-corrected chi connectivity index (χ0v) is 17.3. The first-order valence-corrected chi connectivity index (χ1v) is 8.29. The molecule has 26 heavy (non-hydrogen) atoms. The lowest BCUT2D eigenvalue weighted by molar-refractivity contribution is 0.392. The topological polar surface area (TPSA) is 74.3 Å². The molecule has 3 N–H and O–H groups in total. The highest BCUT2D eigenvalue weighted by atomic mass is 127. The lowest BCUT2D eigenvalue weighted by atomic mass is 10.1. The van der Waals surface area contributed by atoms with Gasteiger partial charge in [-0.2, -0.15) is 0 Å². The quantitative estimate of drug-likeness (QED) is 0.297. The van der Waals surface area contributed by atoms with Gasteiger partial charge in [0, 0.05) is 49.0 Å². The highest BCUT2D eigenvalue weighted by Gasteiger charge is 2.06. The zero-order chi connectivity index (χ0) is 17.5. The van der Waals surface area contributed by atoms with Crippen molar-refractivity contribution in [1.29, 1.82) is 0 Å². The van der Waals surface area contributed by atoms with Gasteiger partial charge in [0.05, 0.1) is 7.11 Å². The Hall–Kier alpha value is -2.29. The maximum Gasteiger partial charge on any atom is 0.218 e. The number of H-pyrrole nitrogens is 1. The van der Waals surface area contributed by atoms with Crippen molar-refractivity contribution < 1.29 is 4.74 Å². The molecule has 0 atom stereocenters. The smallest absolute Gasteiger partial charge is 0.218 e. The number of aromatic nitrogens is 2. The van der Waals surface area contributed by atoms with Gasteiger partial charge in [0.2, 0.25) is 5.88 Å². The Labute approximate surface area is 170 Å². The van der Waals surface area contributed by atoms with Gasteiger partial charge >= 0.3 is 0 Å². The fraction of sp³-hybridized carbons (Fsp3) is 0.263. The molecule has 2 aromatic heterocycles. The van der Waals surface area contributed by atoms with Crippen LogP contribution >= 0.6 is 24.0 Å². The Morgan fingerprint density at radius 1 is 1.15 bits per heavy atom. The molecular formula is C19H24IN5O. The van der Waals surface area contributed by atoms with E-state index in [-0.39, 0.29) is 24.0 Å². The minimum Gasteiger partial charge on any atom is -0.481 e. The number of halogens is 1. The van der Waals surface area contributed by atoms with Gasteiger partial charge in [-0.15, -0.1) is 24.0 Å². The molecule has 0 aliphatic heterocycles. The normalized spacial score (nSPS) is 11.1. The molecule has 0 fully saturated rings. The van der Waals surface area contributed by atoms with E-state index in [1.54, 1.807) is 20.4 Å². The standard InChI is InChI=1S/C19H23N5O.HI/c1-20-19(24-13-15-6-5-10-21-18(15)25-2)22-11-9-14-12-23-17-8-4-3-7-16(14)17;/h3-8,10,12,23H,9,11,13H2,1-2H3,(H2,20,22,24);1H. The van der Waals surface area contributed by atoms with Gasteiger partial charge in [-0.3, -0.25) is 4.99 Å². The summed E-state index contributed by atoms with van der Waals surface area (Å²) in [5.41, 5.74) is 3.46. The first kappa shape index (κ1) is 20.0. The van der Waals surface area contributed by atoms with E-state index in [4.69, 9.17) is 4.74 Å². The summed E-state index contributed by atoms with van der Waals surface area (Å²) in [6.45, 7) is 1.40. The summed E-state index contributed by atoms with van der Waals surface area (Å²) in [7, 11) is 3.39. The van der Waals surface area contributed by atoms with Crippen LogP contribution in [0.3, 0.4) is 0 Å². The Bertz CT molecular complexity index is 862. The van der Waals surface area contributed by atoms with Crippen LogP contribution in [-0.4, -0.2) is 36.6 Å². The molecule has 7 heteroatoms. The third-order valence-electron chi connectivity index (χ3n) is 4.07. The van der Waals surface area contributed by atoms with E-state index in [2.05, 4.69) is 50.0 Å². The summed E-state index contributed by atoms with van der Waals surface area (Å²) >= 11 is 0. The first-order chi connectivity index (χ1) is 12.3. The predicted octanol–water partition coefficient (Wildman–Crippen LogP) is 3.10. The van der Waals surface area contributed by atoms with Crippen LogP contribution in [0.2, 0.25) is 0 Å². The van der Waals surface area contributed by atoms with Gasteiger partial charge in [0.25, 0.3) is 0 Å². The van der Waals surface area contributed by atoms with Crippen LogP contribution in [0.1, 0.15) is 11.1 Å².